The van der Waals surface area contributed by atoms with Crippen LogP contribution in [0.3, 0.4) is 0 Å². The number of carbonyl (C=O) groups is 1. The quantitative estimate of drug-likeness (QED) is 0.878. The van der Waals surface area contributed by atoms with Gasteiger partial charge in [-0.3, -0.25) is 0 Å². The van der Waals surface area contributed by atoms with E-state index in [0.717, 1.165) is 31.4 Å². The van der Waals surface area contributed by atoms with Gasteiger partial charge in [0.15, 0.2) is 6.04 Å². The predicted octanol–water partition coefficient (Wildman–Crippen LogP) is 3.43. The van der Waals surface area contributed by atoms with E-state index in [-0.39, 0.29) is 0 Å². The molecule has 0 aliphatic heterocycles. The summed E-state index contributed by atoms with van der Waals surface area (Å²) in [6, 6.07) is 6.93. The molecule has 0 saturated heterocycles. The third-order valence-electron chi connectivity index (χ3n) is 2.88. The first-order valence-corrected chi connectivity index (χ1v) is 6.06. The fourth-order valence-corrected chi connectivity index (χ4v) is 1.87. The lowest BCUT2D eigenvalue weighted by atomic mass is 10.0. The van der Waals surface area contributed by atoms with Gasteiger partial charge in [-0.15, -0.1) is 0 Å². The van der Waals surface area contributed by atoms with Gasteiger partial charge in [-0.05, 0) is 36.4 Å². The van der Waals surface area contributed by atoms with E-state index in [1.165, 1.54) is 18.2 Å². The second-order valence-electron chi connectivity index (χ2n) is 4.24. The fourth-order valence-electron chi connectivity index (χ4n) is 1.87. The van der Waals surface area contributed by atoms with Crippen molar-refractivity contribution >= 4 is 11.7 Å². The highest BCUT2D eigenvalue weighted by molar-refractivity contribution is 5.81. The van der Waals surface area contributed by atoms with Gasteiger partial charge in [0.1, 0.15) is 17.5 Å². The molecule has 2 aromatic carbocycles. The maximum atomic E-state index is 13.8. The molecule has 2 rings (SSSR count). The minimum absolute atomic E-state index is 0.328. The van der Waals surface area contributed by atoms with Crippen molar-refractivity contribution < 1.29 is 22.7 Å². The highest BCUT2D eigenvalue weighted by atomic mass is 19.1. The van der Waals surface area contributed by atoms with E-state index in [1.54, 1.807) is 0 Å². The highest BCUT2D eigenvalue weighted by Crippen LogP contribution is 2.26. The Labute approximate surface area is 119 Å². The lowest BCUT2D eigenvalue weighted by Gasteiger charge is -2.19. The maximum absolute atomic E-state index is 13.8. The number of hydrogen-bond donors (Lipinski definition) is 1. The molecule has 1 atom stereocenters. The standard InChI is InChI=1S/C15H12F3NO2/c1-21-15(20)14(13-11(17)3-2-4-12(13)18)19-10-7-5-9(16)6-8-10/h2-8,14,19H,1H3. The zero-order chi connectivity index (χ0) is 15.4. The van der Waals surface area contributed by atoms with E-state index >= 15 is 0 Å². The highest BCUT2D eigenvalue weighted by Gasteiger charge is 2.27. The molecule has 3 nitrogen and oxygen atoms in total. The Morgan fingerprint density at radius 3 is 2.14 bits per heavy atom. The molecule has 0 amide bonds. The van der Waals surface area contributed by atoms with Crippen LogP contribution in [0, 0.1) is 17.5 Å². The van der Waals surface area contributed by atoms with E-state index in [0.29, 0.717) is 5.69 Å². The molecule has 0 aromatic heterocycles. The van der Waals surface area contributed by atoms with Crippen LogP contribution in [0.5, 0.6) is 0 Å². The topological polar surface area (TPSA) is 38.3 Å². The molecular weight excluding hydrogens is 283 g/mol. The van der Waals surface area contributed by atoms with E-state index in [4.69, 9.17) is 0 Å². The second-order valence-corrected chi connectivity index (χ2v) is 4.24. The Morgan fingerprint density at radius 1 is 1.05 bits per heavy atom. The molecule has 0 saturated carbocycles. The number of esters is 1. The van der Waals surface area contributed by atoms with Gasteiger partial charge < -0.3 is 10.1 Å². The number of methoxy groups -OCH3 is 1. The number of benzene rings is 2. The first-order chi connectivity index (χ1) is 10.0. The molecule has 1 N–H and O–H groups in total. The van der Waals surface area contributed by atoms with Crippen molar-refractivity contribution in [1.29, 1.82) is 0 Å². The van der Waals surface area contributed by atoms with Gasteiger partial charge in [0.05, 0.1) is 12.7 Å². The Bertz CT molecular complexity index is 624. The molecule has 0 spiro atoms. The Morgan fingerprint density at radius 2 is 1.62 bits per heavy atom. The first-order valence-electron chi connectivity index (χ1n) is 6.06. The number of nitrogens with one attached hydrogen (secondary N) is 1. The van der Waals surface area contributed by atoms with Crippen LogP contribution < -0.4 is 5.32 Å². The summed E-state index contributed by atoms with van der Waals surface area (Å²) in [5.74, 6) is -3.07. The summed E-state index contributed by atoms with van der Waals surface area (Å²) in [6.07, 6.45) is 0. The van der Waals surface area contributed by atoms with Crippen molar-refractivity contribution in [2.24, 2.45) is 0 Å². The third-order valence-corrected chi connectivity index (χ3v) is 2.88. The van der Waals surface area contributed by atoms with Crippen LogP contribution in [0.2, 0.25) is 0 Å². The third kappa shape index (κ3) is 3.34. The molecule has 21 heavy (non-hydrogen) atoms. The molecule has 0 heterocycles. The number of hydrogen-bond acceptors (Lipinski definition) is 3. The van der Waals surface area contributed by atoms with Crippen LogP contribution in [0.1, 0.15) is 11.6 Å². The lowest BCUT2D eigenvalue weighted by molar-refractivity contribution is -0.141. The van der Waals surface area contributed by atoms with Gasteiger partial charge in [-0.2, -0.15) is 0 Å². The van der Waals surface area contributed by atoms with Gasteiger partial charge >= 0.3 is 5.97 Å². The average Bonchev–Trinajstić information content (AvgIpc) is 2.47. The second kappa shape index (κ2) is 6.30. The van der Waals surface area contributed by atoms with Crippen molar-refractivity contribution in [3.63, 3.8) is 0 Å². The molecule has 6 heteroatoms. The summed E-state index contributed by atoms with van der Waals surface area (Å²) in [5, 5.41) is 2.63. The molecular formula is C15H12F3NO2. The minimum atomic E-state index is -1.37. The largest absolute Gasteiger partial charge is 0.467 e. The number of ether oxygens (including phenoxy) is 1. The molecule has 110 valence electrons. The molecule has 0 fully saturated rings. The van der Waals surface area contributed by atoms with Crippen molar-refractivity contribution in [3.8, 4) is 0 Å². The molecule has 0 aliphatic carbocycles. The summed E-state index contributed by atoms with van der Waals surface area (Å²) in [5.41, 5.74) is -0.122. The van der Waals surface area contributed by atoms with Gasteiger partial charge in [0, 0.05) is 5.69 Å². The van der Waals surface area contributed by atoms with Crippen LogP contribution in [-0.2, 0) is 9.53 Å². The van der Waals surface area contributed by atoms with Crippen LogP contribution >= 0.6 is 0 Å². The summed E-state index contributed by atoms with van der Waals surface area (Å²) in [7, 11) is 1.11. The van der Waals surface area contributed by atoms with Gasteiger partial charge in [0.25, 0.3) is 0 Å². The zero-order valence-electron chi connectivity index (χ0n) is 11.1. The van der Waals surface area contributed by atoms with Crippen LogP contribution in [0.25, 0.3) is 0 Å². The monoisotopic (exact) mass is 295 g/mol. The number of rotatable bonds is 4. The number of halogens is 3. The number of anilines is 1. The average molecular weight is 295 g/mol. The van der Waals surface area contributed by atoms with E-state index in [1.807, 2.05) is 0 Å². The maximum Gasteiger partial charge on any atom is 0.333 e. The molecule has 1 unspecified atom stereocenters. The van der Waals surface area contributed by atoms with E-state index in [2.05, 4.69) is 10.1 Å². The van der Waals surface area contributed by atoms with E-state index < -0.39 is 35.0 Å². The number of carbonyl (C=O) groups excluding carboxylic acids is 1. The van der Waals surface area contributed by atoms with Crippen molar-refractivity contribution in [1.82, 2.24) is 0 Å². The van der Waals surface area contributed by atoms with Crippen molar-refractivity contribution in [2.75, 3.05) is 12.4 Å². The zero-order valence-corrected chi connectivity index (χ0v) is 11.1. The Hall–Kier alpha value is -2.50. The summed E-state index contributed by atoms with van der Waals surface area (Å²) in [6.45, 7) is 0. The molecule has 0 aliphatic rings. The predicted molar refractivity (Wildman–Crippen MR) is 71.1 cm³/mol. The minimum Gasteiger partial charge on any atom is -0.467 e. The van der Waals surface area contributed by atoms with Crippen molar-refractivity contribution in [2.45, 2.75) is 6.04 Å². The first kappa shape index (κ1) is 14.9. The van der Waals surface area contributed by atoms with Gasteiger partial charge in [0.2, 0.25) is 0 Å². The van der Waals surface area contributed by atoms with Crippen LogP contribution in [0.15, 0.2) is 42.5 Å². The fraction of sp³-hybridized carbons (Fsp3) is 0.133. The van der Waals surface area contributed by atoms with Crippen LogP contribution in [0.4, 0.5) is 18.9 Å². The SMILES string of the molecule is COC(=O)C(Nc1ccc(F)cc1)c1c(F)cccc1F. The van der Waals surface area contributed by atoms with Crippen molar-refractivity contribution in [3.05, 3.63) is 65.5 Å². The molecule has 0 bridgehead atoms. The summed E-state index contributed by atoms with van der Waals surface area (Å²) >= 11 is 0. The van der Waals surface area contributed by atoms with E-state index in [9.17, 15) is 18.0 Å². The molecule has 0 radical (unpaired) electrons. The Balaban J connectivity index is 2.39. The van der Waals surface area contributed by atoms with Gasteiger partial charge in [-0.1, -0.05) is 6.07 Å². The normalized spacial score (nSPS) is 11.8. The van der Waals surface area contributed by atoms with Crippen LogP contribution in [-0.4, -0.2) is 13.1 Å². The summed E-state index contributed by atoms with van der Waals surface area (Å²) < 4.78 is 45.1. The molecule has 2 aromatic rings. The Kier molecular flexibility index (Phi) is 4.47. The smallest absolute Gasteiger partial charge is 0.333 e. The summed E-state index contributed by atoms with van der Waals surface area (Å²) in [4.78, 5) is 11.8. The van der Waals surface area contributed by atoms with Gasteiger partial charge in [-0.25, -0.2) is 18.0 Å². The lowest BCUT2D eigenvalue weighted by Crippen LogP contribution is -2.24.